The molecule has 1 saturated heterocycles. The van der Waals surface area contributed by atoms with Crippen molar-refractivity contribution in [3.8, 4) is 0 Å². The fourth-order valence-corrected chi connectivity index (χ4v) is 4.18. The third kappa shape index (κ3) is 9.36. The molecule has 2 aromatic carbocycles. The smallest absolute Gasteiger partial charge is 0.261 e. The summed E-state index contributed by atoms with van der Waals surface area (Å²) in [5.74, 6) is 1.67. The number of rotatable bonds is 3. The van der Waals surface area contributed by atoms with Crippen LogP contribution < -0.4 is 10.2 Å². The van der Waals surface area contributed by atoms with Gasteiger partial charge in [0.2, 0.25) is 0 Å². The molecular weight excluding hydrogens is 574 g/mol. The van der Waals surface area contributed by atoms with Gasteiger partial charge in [0.15, 0.2) is 11.7 Å². The zero-order valence-electron chi connectivity index (χ0n) is 22.4. The van der Waals surface area contributed by atoms with Gasteiger partial charge < -0.3 is 19.9 Å². The Morgan fingerprint density at radius 2 is 1.61 bits per heavy atom. The van der Waals surface area contributed by atoms with Crippen LogP contribution in [0.2, 0.25) is 0 Å². The van der Waals surface area contributed by atoms with Gasteiger partial charge in [-0.05, 0) is 30.3 Å². The van der Waals surface area contributed by atoms with Gasteiger partial charge in [0.25, 0.3) is 20.2 Å². The number of hydrogen-bond donors (Lipinski definition) is 4. The summed E-state index contributed by atoms with van der Waals surface area (Å²) in [6.45, 7) is 5.06. The van der Waals surface area contributed by atoms with E-state index in [2.05, 4.69) is 79.0 Å². The summed E-state index contributed by atoms with van der Waals surface area (Å²) in [7, 11) is -7.33. The highest BCUT2D eigenvalue weighted by molar-refractivity contribution is 7.85. The first-order chi connectivity index (χ1) is 19.3. The molecule has 0 unspecified atom stereocenters. The van der Waals surface area contributed by atoms with Gasteiger partial charge in [0, 0.05) is 48.2 Å². The van der Waals surface area contributed by atoms with Gasteiger partial charge in [0.1, 0.15) is 0 Å². The molecule has 1 aromatic heterocycles. The molecule has 0 radical (unpaired) electrons. The van der Waals surface area contributed by atoms with Crippen LogP contribution in [0.3, 0.4) is 0 Å². The zero-order chi connectivity index (χ0) is 29.6. The van der Waals surface area contributed by atoms with E-state index < -0.39 is 20.2 Å². The van der Waals surface area contributed by atoms with E-state index in [1.54, 1.807) is 0 Å². The molecule has 16 heteroatoms. The molecule has 4 heterocycles. The maximum Gasteiger partial charge on any atom is 0.261 e. The summed E-state index contributed by atoms with van der Waals surface area (Å²) in [5, 5.41) is 11.7. The van der Waals surface area contributed by atoms with E-state index in [9.17, 15) is 16.8 Å². The van der Waals surface area contributed by atoms with E-state index in [4.69, 9.17) is 18.8 Å². The maximum atomic E-state index is 9.19. The number of aromatic nitrogens is 2. The average molecular weight is 606 g/mol. The van der Waals surface area contributed by atoms with Crippen LogP contribution in [0, 0.1) is 0 Å². The Hall–Kier alpha value is -3.83. The van der Waals surface area contributed by atoms with Gasteiger partial charge in [-0.25, -0.2) is 4.99 Å². The minimum absolute atomic E-state index is 0.715. The summed E-state index contributed by atoms with van der Waals surface area (Å²) < 4.78 is 57.2. The average Bonchev–Trinajstić information content (AvgIpc) is 3.57. The monoisotopic (exact) mass is 605 g/mol. The highest BCUT2D eigenvalue weighted by Crippen LogP contribution is 2.27. The SMILES string of the molecule is C1=C(c2ccc3cn[nH]c3c2)N=C(Nc2ccc(N3CCOCC3)cc2)C2=NCCN12.CS(=O)(=O)O.CS(=O)(=O)O. The number of H-pyrrole nitrogens is 1. The fraction of sp³-hybridized carbons (Fsp3) is 0.320. The molecule has 0 amide bonds. The lowest BCUT2D eigenvalue weighted by Crippen LogP contribution is -2.37. The number of ether oxygens (including phenoxy) is 1. The Balaban J connectivity index is 0.000000336. The molecule has 1 fully saturated rings. The third-order valence-electron chi connectivity index (χ3n) is 5.84. The van der Waals surface area contributed by atoms with Crippen molar-refractivity contribution >= 4 is 59.9 Å². The number of amidine groups is 2. The first-order valence-corrected chi connectivity index (χ1v) is 16.1. The van der Waals surface area contributed by atoms with Crippen LogP contribution in [-0.4, -0.2) is 105 Å². The third-order valence-corrected chi connectivity index (χ3v) is 5.84. The lowest BCUT2D eigenvalue weighted by Gasteiger charge is -2.29. The van der Waals surface area contributed by atoms with Gasteiger partial charge in [-0.3, -0.25) is 19.2 Å². The molecule has 3 aromatic rings. The molecule has 6 rings (SSSR count). The molecule has 41 heavy (non-hydrogen) atoms. The summed E-state index contributed by atoms with van der Waals surface area (Å²) in [6.07, 6.45) is 5.34. The largest absolute Gasteiger partial charge is 0.378 e. The molecule has 0 saturated carbocycles. The lowest BCUT2D eigenvalue weighted by molar-refractivity contribution is 0.122. The standard InChI is InChI=1S/C23H23N7O.2CH4O3S/c1-2-17-14-25-28-20(17)13-16(1)21-15-30-8-7-24-23(30)22(27-21)26-18-3-5-19(6-4-18)29-9-11-31-12-10-29;2*1-5(2,3)4/h1-6,13-15H,7-12H2,(H,25,28)(H,26,27);2*1H3,(H,2,3,4). The molecule has 4 N–H and O–H groups in total. The maximum absolute atomic E-state index is 9.19. The Labute approximate surface area is 237 Å². The quantitative estimate of drug-likeness (QED) is 0.319. The zero-order valence-corrected chi connectivity index (χ0v) is 24.1. The minimum Gasteiger partial charge on any atom is -0.378 e. The van der Waals surface area contributed by atoms with E-state index in [1.807, 2.05) is 6.20 Å². The highest BCUT2D eigenvalue weighted by Gasteiger charge is 2.26. The molecule has 3 aliphatic rings. The van der Waals surface area contributed by atoms with Crippen LogP contribution in [0.1, 0.15) is 5.56 Å². The number of morpholine rings is 1. The minimum atomic E-state index is -3.67. The predicted octanol–water partition coefficient (Wildman–Crippen LogP) is 1.94. The van der Waals surface area contributed by atoms with Crippen LogP contribution in [-0.2, 0) is 25.0 Å². The summed E-state index contributed by atoms with van der Waals surface area (Å²) in [4.78, 5) is 14.1. The van der Waals surface area contributed by atoms with Crippen molar-refractivity contribution in [2.24, 2.45) is 9.98 Å². The molecule has 0 atom stereocenters. The van der Waals surface area contributed by atoms with Gasteiger partial charge >= 0.3 is 0 Å². The van der Waals surface area contributed by atoms with Crippen molar-refractivity contribution in [1.29, 1.82) is 0 Å². The van der Waals surface area contributed by atoms with Crippen LogP contribution >= 0.6 is 0 Å². The number of fused-ring (bicyclic) bond motifs is 2. The molecule has 220 valence electrons. The normalized spacial score (nSPS) is 16.8. The van der Waals surface area contributed by atoms with Crippen molar-refractivity contribution in [2.75, 3.05) is 62.1 Å². The first-order valence-electron chi connectivity index (χ1n) is 12.4. The van der Waals surface area contributed by atoms with Crippen LogP contribution in [0.15, 0.2) is 64.8 Å². The molecule has 0 spiro atoms. The Bertz CT molecular complexity index is 1630. The molecule has 0 aliphatic carbocycles. The number of hydrogen-bond acceptors (Lipinski definition) is 11. The van der Waals surface area contributed by atoms with Gasteiger partial charge in [-0.15, -0.1) is 0 Å². The van der Waals surface area contributed by atoms with E-state index in [0.717, 1.165) is 78.9 Å². The van der Waals surface area contributed by atoms with E-state index in [1.165, 1.54) is 5.69 Å². The molecule has 3 aliphatic heterocycles. The first kappa shape index (κ1) is 30.1. The predicted molar refractivity (Wildman–Crippen MR) is 159 cm³/mol. The number of nitrogens with one attached hydrogen (secondary N) is 2. The fourth-order valence-electron chi connectivity index (χ4n) is 4.18. The van der Waals surface area contributed by atoms with Gasteiger partial charge in [-0.1, -0.05) is 12.1 Å². The number of aromatic amines is 1. The second kappa shape index (κ2) is 12.8. The Morgan fingerprint density at radius 1 is 0.951 bits per heavy atom. The molecule has 0 bridgehead atoms. The number of aliphatic imine (C=N–C) groups is 2. The number of benzene rings is 2. The van der Waals surface area contributed by atoms with Crippen molar-refractivity contribution in [1.82, 2.24) is 15.1 Å². The van der Waals surface area contributed by atoms with Crippen LogP contribution in [0.5, 0.6) is 0 Å². The summed E-state index contributed by atoms with van der Waals surface area (Å²) in [5.41, 5.74) is 5.17. The van der Waals surface area contributed by atoms with E-state index in [-0.39, 0.29) is 0 Å². The van der Waals surface area contributed by atoms with E-state index >= 15 is 0 Å². The Morgan fingerprint density at radius 3 is 2.27 bits per heavy atom. The number of anilines is 2. The lowest BCUT2D eigenvalue weighted by atomic mass is 10.1. The van der Waals surface area contributed by atoms with Gasteiger partial charge in [-0.2, -0.15) is 21.9 Å². The summed E-state index contributed by atoms with van der Waals surface area (Å²) >= 11 is 0. The summed E-state index contributed by atoms with van der Waals surface area (Å²) in [6, 6.07) is 14.7. The number of nitrogens with zero attached hydrogens (tertiary/aromatic N) is 5. The second-order valence-electron chi connectivity index (χ2n) is 9.28. The molecule has 14 nitrogen and oxygen atoms in total. The van der Waals surface area contributed by atoms with Crippen LogP contribution in [0.4, 0.5) is 11.4 Å². The topological polar surface area (TPSA) is 190 Å². The van der Waals surface area contributed by atoms with Crippen LogP contribution in [0.25, 0.3) is 16.6 Å². The highest BCUT2D eigenvalue weighted by atomic mass is 32.2. The Kier molecular flexibility index (Phi) is 9.39. The molecular formula is C25H31N7O7S2. The van der Waals surface area contributed by atoms with E-state index in [0.29, 0.717) is 12.5 Å². The second-order valence-corrected chi connectivity index (χ2v) is 12.2. The van der Waals surface area contributed by atoms with Crippen molar-refractivity contribution in [3.05, 3.63) is 60.4 Å². The van der Waals surface area contributed by atoms with Crippen molar-refractivity contribution < 1.29 is 30.7 Å². The van der Waals surface area contributed by atoms with Crippen molar-refractivity contribution in [3.63, 3.8) is 0 Å². The van der Waals surface area contributed by atoms with Crippen molar-refractivity contribution in [2.45, 2.75) is 0 Å². The van der Waals surface area contributed by atoms with Gasteiger partial charge in [0.05, 0.1) is 49.7 Å².